The van der Waals surface area contributed by atoms with Gasteiger partial charge >= 0.3 is 0 Å². The molecule has 2 heterocycles. The Bertz CT molecular complexity index is 508. The predicted molar refractivity (Wildman–Crippen MR) is 65.0 cm³/mol. The number of hydrogen-bond acceptors (Lipinski definition) is 5. The third-order valence-corrected chi connectivity index (χ3v) is 2.45. The van der Waals surface area contributed by atoms with Crippen LogP contribution in [0.5, 0.6) is 0 Å². The Balaban J connectivity index is 1.96. The van der Waals surface area contributed by atoms with Crippen LogP contribution >= 0.6 is 0 Å². The summed E-state index contributed by atoms with van der Waals surface area (Å²) in [6, 6.07) is 5.67. The van der Waals surface area contributed by atoms with E-state index in [4.69, 9.17) is 4.52 Å². The standard InChI is InChI=1S/C13H15N3O2/c1-2-5-11(17)9-13-15-12(16-18-13)8-10-6-3-4-7-14-10/h3-4,6-7H,2,5,8-9H2,1H3. The molecule has 94 valence electrons. The van der Waals surface area contributed by atoms with E-state index >= 15 is 0 Å². The molecule has 5 nitrogen and oxygen atoms in total. The minimum atomic E-state index is 0.130. The molecule has 0 amide bonds. The lowest BCUT2D eigenvalue weighted by Gasteiger charge is -1.93. The smallest absolute Gasteiger partial charge is 0.234 e. The van der Waals surface area contributed by atoms with Crippen LogP contribution in [0.4, 0.5) is 0 Å². The van der Waals surface area contributed by atoms with Crippen molar-refractivity contribution in [2.75, 3.05) is 0 Å². The van der Waals surface area contributed by atoms with Gasteiger partial charge in [0, 0.05) is 18.3 Å². The number of aromatic nitrogens is 3. The van der Waals surface area contributed by atoms with Gasteiger partial charge in [-0.1, -0.05) is 18.1 Å². The maximum atomic E-state index is 11.4. The van der Waals surface area contributed by atoms with Crippen LogP contribution in [0.15, 0.2) is 28.9 Å². The Morgan fingerprint density at radius 1 is 1.39 bits per heavy atom. The molecule has 0 aliphatic rings. The first-order valence-corrected chi connectivity index (χ1v) is 6.01. The molecule has 0 aliphatic heterocycles. The van der Waals surface area contributed by atoms with E-state index in [0.717, 1.165) is 12.1 Å². The van der Waals surface area contributed by atoms with Crippen LogP contribution < -0.4 is 0 Å². The number of hydrogen-bond donors (Lipinski definition) is 0. The molecule has 0 unspecified atom stereocenters. The molecule has 0 atom stereocenters. The zero-order valence-electron chi connectivity index (χ0n) is 10.3. The normalized spacial score (nSPS) is 10.5. The van der Waals surface area contributed by atoms with E-state index in [1.165, 1.54) is 0 Å². The third-order valence-electron chi connectivity index (χ3n) is 2.45. The van der Waals surface area contributed by atoms with Crippen molar-refractivity contribution < 1.29 is 9.32 Å². The first kappa shape index (κ1) is 12.4. The summed E-state index contributed by atoms with van der Waals surface area (Å²) in [5.41, 5.74) is 0.879. The van der Waals surface area contributed by atoms with Crippen molar-refractivity contribution in [3.63, 3.8) is 0 Å². The van der Waals surface area contributed by atoms with Crippen molar-refractivity contribution in [3.05, 3.63) is 41.8 Å². The van der Waals surface area contributed by atoms with Crippen molar-refractivity contribution in [3.8, 4) is 0 Å². The fourth-order valence-electron chi connectivity index (χ4n) is 1.63. The van der Waals surface area contributed by atoms with Gasteiger partial charge in [-0.3, -0.25) is 9.78 Å². The Kier molecular flexibility index (Phi) is 4.17. The molecule has 0 aliphatic carbocycles. The van der Waals surface area contributed by atoms with E-state index in [-0.39, 0.29) is 12.2 Å². The minimum absolute atomic E-state index is 0.130. The maximum absolute atomic E-state index is 11.4. The average molecular weight is 245 g/mol. The minimum Gasteiger partial charge on any atom is -0.339 e. The van der Waals surface area contributed by atoms with Gasteiger partial charge < -0.3 is 4.52 Å². The molecule has 0 saturated heterocycles. The SMILES string of the molecule is CCCC(=O)Cc1nc(Cc2ccccn2)no1. The van der Waals surface area contributed by atoms with E-state index in [2.05, 4.69) is 15.1 Å². The quantitative estimate of drug-likeness (QED) is 0.778. The van der Waals surface area contributed by atoms with E-state index in [0.29, 0.717) is 24.6 Å². The average Bonchev–Trinajstić information content (AvgIpc) is 2.78. The Morgan fingerprint density at radius 2 is 2.28 bits per heavy atom. The van der Waals surface area contributed by atoms with Crippen LogP contribution in [0, 0.1) is 0 Å². The predicted octanol–water partition coefficient (Wildman–Crippen LogP) is 1.97. The van der Waals surface area contributed by atoms with Crippen LogP contribution in [-0.4, -0.2) is 20.9 Å². The van der Waals surface area contributed by atoms with Gasteiger partial charge in [0.15, 0.2) is 5.82 Å². The second-order valence-electron chi connectivity index (χ2n) is 4.07. The molecule has 0 saturated carbocycles. The largest absolute Gasteiger partial charge is 0.339 e. The zero-order valence-corrected chi connectivity index (χ0v) is 10.3. The summed E-state index contributed by atoms with van der Waals surface area (Å²) < 4.78 is 5.04. The number of Topliss-reactive ketones (excluding diaryl/α,β-unsaturated/α-hetero) is 1. The van der Waals surface area contributed by atoms with Crippen molar-refractivity contribution >= 4 is 5.78 Å². The molecular weight excluding hydrogens is 230 g/mol. The number of carbonyl (C=O) groups excluding carboxylic acids is 1. The summed E-state index contributed by atoms with van der Waals surface area (Å²) in [5.74, 6) is 1.08. The fraction of sp³-hybridized carbons (Fsp3) is 0.385. The summed E-state index contributed by atoms with van der Waals surface area (Å²) in [7, 11) is 0. The van der Waals surface area contributed by atoms with Crippen LogP contribution in [-0.2, 0) is 17.6 Å². The highest BCUT2D eigenvalue weighted by Crippen LogP contribution is 2.06. The molecule has 0 fully saturated rings. The van der Waals surface area contributed by atoms with Crippen LogP contribution in [0.25, 0.3) is 0 Å². The Hall–Kier alpha value is -2.04. The van der Waals surface area contributed by atoms with Gasteiger partial charge in [0.25, 0.3) is 0 Å². The van der Waals surface area contributed by atoms with Crippen LogP contribution in [0.1, 0.15) is 37.2 Å². The molecule has 0 bridgehead atoms. The summed E-state index contributed by atoms with van der Waals surface area (Å²) in [6.07, 6.45) is 3.86. The van der Waals surface area contributed by atoms with E-state index < -0.39 is 0 Å². The van der Waals surface area contributed by atoms with E-state index in [9.17, 15) is 4.79 Å². The van der Waals surface area contributed by atoms with Gasteiger partial charge in [0.2, 0.25) is 5.89 Å². The fourth-order valence-corrected chi connectivity index (χ4v) is 1.63. The van der Waals surface area contributed by atoms with Crippen LogP contribution in [0.3, 0.4) is 0 Å². The van der Waals surface area contributed by atoms with Gasteiger partial charge in [-0.25, -0.2) is 0 Å². The monoisotopic (exact) mass is 245 g/mol. The topological polar surface area (TPSA) is 68.9 Å². The van der Waals surface area contributed by atoms with Crippen molar-refractivity contribution in [1.82, 2.24) is 15.1 Å². The van der Waals surface area contributed by atoms with Gasteiger partial charge in [-0.15, -0.1) is 0 Å². The molecule has 5 heteroatoms. The lowest BCUT2D eigenvalue weighted by Crippen LogP contribution is -2.02. The van der Waals surface area contributed by atoms with Gasteiger partial charge in [0.1, 0.15) is 5.78 Å². The second-order valence-corrected chi connectivity index (χ2v) is 4.07. The lowest BCUT2D eigenvalue weighted by molar-refractivity contribution is -0.118. The Labute approximate surface area is 105 Å². The number of carbonyl (C=O) groups is 1. The van der Waals surface area contributed by atoms with Crippen LogP contribution in [0.2, 0.25) is 0 Å². The highest BCUT2D eigenvalue weighted by atomic mass is 16.5. The highest BCUT2D eigenvalue weighted by molar-refractivity contribution is 5.79. The third kappa shape index (κ3) is 3.48. The summed E-state index contributed by atoms with van der Waals surface area (Å²) in [4.78, 5) is 19.8. The van der Waals surface area contributed by atoms with Crippen molar-refractivity contribution in [2.24, 2.45) is 0 Å². The van der Waals surface area contributed by atoms with Crippen molar-refractivity contribution in [2.45, 2.75) is 32.6 Å². The first-order valence-electron chi connectivity index (χ1n) is 6.01. The van der Waals surface area contributed by atoms with E-state index in [1.54, 1.807) is 6.20 Å². The molecule has 2 rings (SSSR count). The molecule has 0 radical (unpaired) electrons. The lowest BCUT2D eigenvalue weighted by atomic mass is 10.2. The number of pyridine rings is 1. The number of nitrogens with zero attached hydrogens (tertiary/aromatic N) is 3. The molecular formula is C13H15N3O2. The second kappa shape index (κ2) is 6.05. The number of rotatable bonds is 6. The molecule has 2 aromatic rings. The summed E-state index contributed by atoms with van der Waals surface area (Å²) in [6.45, 7) is 1.97. The first-order chi connectivity index (χ1) is 8.78. The number of ketones is 1. The highest BCUT2D eigenvalue weighted by Gasteiger charge is 2.11. The molecule has 2 aromatic heterocycles. The van der Waals surface area contributed by atoms with Gasteiger partial charge in [-0.2, -0.15) is 4.98 Å². The molecule has 18 heavy (non-hydrogen) atoms. The van der Waals surface area contributed by atoms with Gasteiger partial charge in [-0.05, 0) is 18.6 Å². The summed E-state index contributed by atoms with van der Waals surface area (Å²) in [5, 5.41) is 3.85. The van der Waals surface area contributed by atoms with E-state index in [1.807, 2.05) is 25.1 Å². The Morgan fingerprint density at radius 3 is 3.00 bits per heavy atom. The maximum Gasteiger partial charge on any atom is 0.234 e. The summed E-state index contributed by atoms with van der Waals surface area (Å²) >= 11 is 0. The van der Waals surface area contributed by atoms with Crippen molar-refractivity contribution in [1.29, 1.82) is 0 Å². The zero-order chi connectivity index (χ0) is 12.8. The van der Waals surface area contributed by atoms with Gasteiger partial charge in [0.05, 0.1) is 12.8 Å². The molecule has 0 spiro atoms. The molecule has 0 N–H and O–H groups in total. The molecule has 0 aromatic carbocycles.